The van der Waals surface area contributed by atoms with Crippen LogP contribution in [-0.4, -0.2) is 50.2 Å². The highest BCUT2D eigenvalue weighted by atomic mass is 35.5. The molecule has 0 spiro atoms. The SMILES string of the molecule is N#Cc1cnc2ccc(Cl)cc2c1N1CC[C@@H](C(=O)N2CCn3c(nnc3C(F)(F)F)C2)[C@@H](C2CC2)C1. The summed E-state index contributed by atoms with van der Waals surface area (Å²) in [6, 6.07) is 7.67. The van der Waals surface area contributed by atoms with Crippen molar-refractivity contribution in [3.8, 4) is 6.07 Å². The van der Waals surface area contributed by atoms with E-state index in [1.54, 1.807) is 17.2 Å². The summed E-state index contributed by atoms with van der Waals surface area (Å²) in [4.78, 5) is 21.9. The van der Waals surface area contributed by atoms with Crippen molar-refractivity contribution in [3.63, 3.8) is 0 Å². The van der Waals surface area contributed by atoms with E-state index in [4.69, 9.17) is 11.6 Å². The fourth-order valence-electron chi connectivity index (χ4n) is 5.86. The Hall–Kier alpha value is -3.39. The summed E-state index contributed by atoms with van der Waals surface area (Å²) in [7, 11) is 0. The molecule has 37 heavy (non-hydrogen) atoms. The second-order valence-electron chi connectivity index (χ2n) is 9.99. The third-order valence-electron chi connectivity index (χ3n) is 7.76. The van der Waals surface area contributed by atoms with Crippen LogP contribution in [0.3, 0.4) is 0 Å². The molecule has 0 unspecified atom stereocenters. The van der Waals surface area contributed by atoms with Crippen molar-refractivity contribution >= 4 is 34.1 Å². The molecular formula is C25H23ClF3N7O. The number of carbonyl (C=O) groups is 1. The van der Waals surface area contributed by atoms with Crippen molar-refractivity contribution in [2.75, 3.05) is 24.5 Å². The molecular weight excluding hydrogens is 507 g/mol. The highest BCUT2D eigenvalue weighted by Crippen LogP contribution is 2.46. The lowest BCUT2D eigenvalue weighted by Crippen LogP contribution is -2.50. The first-order valence-electron chi connectivity index (χ1n) is 12.3. The molecule has 192 valence electrons. The van der Waals surface area contributed by atoms with Crippen LogP contribution in [0.25, 0.3) is 10.9 Å². The van der Waals surface area contributed by atoms with Gasteiger partial charge in [-0.05, 0) is 49.3 Å². The Morgan fingerprint density at radius 3 is 2.68 bits per heavy atom. The highest BCUT2D eigenvalue weighted by Gasteiger charge is 2.46. The topological polar surface area (TPSA) is 90.9 Å². The van der Waals surface area contributed by atoms with E-state index in [2.05, 4.69) is 26.2 Å². The number of anilines is 1. The van der Waals surface area contributed by atoms with Crippen molar-refractivity contribution < 1.29 is 18.0 Å². The monoisotopic (exact) mass is 529 g/mol. The zero-order valence-electron chi connectivity index (χ0n) is 19.7. The van der Waals surface area contributed by atoms with E-state index in [0.29, 0.717) is 36.0 Å². The molecule has 2 aliphatic heterocycles. The molecule has 1 saturated carbocycles. The molecule has 3 aliphatic rings. The molecule has 1 aliphatic carbocycles. The number of rotatable bonds is 3. The summed E-state index contributed by atoms with van der Waals surface area (Å²) in [6.45, 7) is 1.42. The van der Waals surface area contributed by atoms with Crippen LogP contribution in [0.2, 0.25) is 5.02 Å². The molecule has 2 fully saturated rings. The van der Waals surface area contributed by atoms with Crippen molar-refractivity contribution in [2.24, 2.45) is 17.8 Å². The molecule has 0 bridgehead atoms. The smallest absolute Gasteiger partial charge is 0.370 e. The van der Waals surface area contributed by atoms with Crippen LogP contribution >= 0.6 is 11.6 Å². The summed E-state index contributed by atoms with van der Waals surface area (Å²) in [5, 5.41) is 18.2. The van der Waals surface area contributed by atoms with Gasteiger partial charge < -0.3 is 14.4 Å². The van der Waals surface area contributed by atoms with E-state index in [1.165, 1.54) is 0 Å². The lowest BCUT2D eigenvalue weighted by molar-refractivity contribution is -0.148. The number of alkyl halides is 3. The van der Waals surface area contributed by atoms with Crippen LogP contribution in [0.1, 0.15) is 36.5 Å². The van der Waals surface area contributed by atoms with Gasteiger partial charge in [-0.15, -0.1) is 10.2 Å². The minimum atomic E-state index is -4.58. The van der Waals surface area contributed by atoms with E-state index in [1.807, 2.05) is 12.1 Å². The first-order chi connectivity index (χ1) is 17.7. The molecule has 12 heteroatoms. The Kier molecular flexibility index (Phi) is 5.75. The first kappa shape index (κ1) is 24.0. The Morgan fingerprint density at radius 1 is 1.14 bits per heavy atom. The average molecular weight is 530 g/mol. The van der Waals surface area contributed by atoms with Crippen molar-refractivity contribution in [3.05, 3.63) is 46.6 Å². The minimum Gasteiger partial charge on any atom is -0.370 e. The highest BCUT2D eigenvalue weighted by molar-refractivity contribution is 6.31. The van der Waals surface area contributed by atoms with Crippen molar-refractivity contribution in [1.29, 1.82) is 5.26 Å². The molecule has 0 N–H and O–H groups in total. The number of benzene rings is 1. The lowest BCUT2D eigenvalue weighted by atomic mass is 9.80. The van der Waals surface area contributed by atoms with E-state index < -0.39 is 12.0 Å². The zero-order valence-corrected chi connectivity index (χ0v) is 20.5. The van der Waals surface area contributed by atoms with Gasteiger partial charge >= 0.3 is 6.18 Å². The van der Waals surface area contributed by atoms with Crippen LogP contribution in [-0.2, 0) is 24.1 Å². The maximum atomic E-state index is 13.7. The van der Waals surface area contributed by atoms with E-state index in [9.17, 15) is 23.2 Å². The molecule has 4 heterocycles. The molecule has 0 radical (unpaired) electrons. The standard InChI is InChI=1S/C25H23ClF3N7O/c26-16-3-4-20-18(9-16)22(15(10-30)11-31-20)34-6-5-17(19(12-34)14-1-2-14)23(37)35-7-8-36-21(13-35)32-33-24(36)25(27,28)29/h3-4,9,11,14,17,19H,1-2,5-8,12-13H2/t17-,19-/m1/s1. The molecule has 6 rings (SSSR count). The number of nitrogens with zero attached hydrogens (tertiary/aromatic N) is 7. The van der Waals surface area contributed by atoms with Gasteiger partial charge in [-0.3, -0.25) is 9.78 Å². The number of amides is 1. The van der Waals surface area contributed by atoms with E-state index >= 15 is 0 Å². The number of halogens is 4. The van der Waals surface area contributed by atoms with Crippen LogP contribution in [0.15, 0.2) is 24.4 Å². The molecule has 3 aromatic rings. The Labute approximate surface area is 215 Å². The predicted molar refractivity (Wildman–Crippen MR) is 128 cm³/mol. The molecule has 2 aromatic heterocycles. The molecule has 2 atom stereocenters. The second kappa shape index (κ2) is 8.87. The summed E-state index contributed by atoms with van der Waals surface area (Å²) in [5.74, 6) is -0.641. The molecule has 1 aromatic carbocycles. The summed E-state index contributed by atoms with van der Waals surface area (Å²) in [5.41, 5.74) is 2.00. The van der Waals surface area contributed by atoms with Gasteiger partial charge in [0.25, 0.3) is 0 Å². The number of fused-ring (bicyclic) bond motifs is 2. The third-order valence-corrected chi connectivity index (χ3v) is 7.99. The summed E-state index contributed by atoms with van der Waals surface area (Å²) in [6.07, 6.45) is -0.329. The number of hydrogen-bond donors (Lipinski definition) is 0. The molecule has 1 amide bonds. The van der Waals surface area contributed by atoms with E-state index in [0.717, 1.165) is 34.0 Å². The van der Waals surface area contributed by atoms with Gasteiger partial charge in [-0.1, -0.05) is 11.6 Å². The van der Waals surface area contributed by atoms with Crippen molar-refractivity contribution in [2.45, 2.75) is 38.5 Å². The van der Waals surface area contributed by atoms with Gasteiger partial charge in [0.15, 0.2) is 5.82 Å². The van der Waals surface area contributed by atoms with Crippen LogP contribution < -0.4 is 4.90 Å². The Morgan fingerprint density at radius 2 is 1.95 bits per heavy atom. The normalized spacial score (nSPS) is 22.1. The number of pyridine rings is 1. The van der Waals surface area contributed by atoms with Gasteiger partial charge in [0.05, 0.1) is 23.3 Å². The predicted octanol–water partition coefficient (Wildman–Crippen LogP) is 4.27. The van der Waals surface area contributed by atoms with Crippen molar-refractivity contribution in [1.82, 2.24) is 24.6 Å². The van der Waals surface area contributed by atoms with Crippen LogP contribution in [0.5, 0.6) is 0 Å². The first-order valence-corrected chi connectivity index (χ1v) is 12.6. The quantitative estimate of drug-likeness (QED) is 0.503. The number of hydrogen-bond acceptors (Lipinski definition) is 6. The van der Waals surface area contributed by atoms with Gasteiger partial charge in [-0.2, -0.15) is 18.4 Å². The number of aromatic nitrogens is 4. The maximum Gasteiger partial charge on any atom is 0.451 e. The zero-order chi connectivity index (χ0) is 25.9. The largest absolute Gasteiger partial charge is 0.451 e. The molecule has 1 saturated heterocycles. The van der Waals surface area contributed by atoms with Gasteiger partial charge in [0.2, 0.25) is 11.7 Å². The Balaban J connectivity index is 1.25. The maximum absolute atomic E-state index is 13.7. The van der Waals surface area contributed by atoms with Crippen LogP contribution in [0, 0.1) is 29.1 Å². The van der Waals surface area contributed by atoms with Gasteiger partial charge in [-0.25, -0.2) is 0 Å². The third kappa shape index (κ3) is 4.27. The summed E-state index contributed by atoms with van der Waals surface area (Å²) >= 11 is 6.27. The van der Waals surface area contributed by atoms with Crippen LogP contribution in [0.4, 0.5) is 18.9 Å². The fraction of sp³-hybridized carbons (Fsp3) is 0.480. The fourth-order valence-corrected chi connectivity index (χ4v) is 6.03. The summed E-state index contributed by atoms with van der Waals surface area (Å²) < 4.78 is 40.7. The van der Waals surface area contributed by atoms with Gasteiger partial charge in [0.1, 0.15) is 6.07 Å². The average Bonchev–Trinajstić information content (AvgIpc) is 3.64. The second-order valence-corrected chi connectivity index (χ2v) is 10.4. The minimum absolute atomic E-state index is 0.0190. The van der Waals surface area contributed by atoms with E-state index in [-0.39, 0.29) is 43.2 Å². The number of piperidine rings is 1. The number of nitriles is 1. The Bertz CT molecular complexity index is 1430. The van der Waals surface area contributed by atoms with Gasteiger partial charge in [0, 0.05) is 48.7 Å². The lowest BCUT2D eigenvalue weighted by Gasteiger charge is -2.42. The number of carbonyl (C=O) groups excluding carboxylic acids is 1. The molecule has 8 nitrogen and oxygen atoms in total.